The molecular formula is C26H22ClN5O2S. The molecule has 4 aromatic rings. The lowest BCUT2D eigenvalue weighted by Gasteiger charge is -2.10. The van der Waals surface area contributed by atoms with E-state index in [0.29, 0.717) is 34.0 Å². The van der Waals surface area contributed by atoms with Crippen LogP contribution in [0.4, 0.5) is 5.69 Å². The Hall–Kier alpha value is -3.80. The Morgan fingerprint density at radius 1 is 0.971 bits per heavy atom. The lowest BCUT2D eigenvalue weighted by atomic mass is 10.0. The number of aromatic nitrogens is 4. The Morgan fingerprint density at radius 2 is 1.74 bits per heavy atom. The predicted octanol–water partition coefficient (Wildman–Crippen LogP) is 4.97. The molecule has 3 aromatic heterocycles. The summed E-state index contributed by atoms with van der Waals surface area (Å²) in [5.41, 5.74) is 5.45. The van der Waals surface area contributed by atoms with E-state index < -0.39 is 10.0 Å². The first kappa shape index (κ1) is 24.3. The molecule has 0 saturated heterocycles. The van der Waals surface area contributed by atoms with Crippen molar-refractivity contribution in [2.75, 3.05) is 4.72 Å². The normalized spacial score (nSPS) is 11.0. The van der Waals surface area contributed by atoms with Gasteiger partial charge in [-0.05, 0) is 62.7 Å². The van der Waals surface area contributed by atoms with E-state index in [9.17, 15) is 8.42 Å². The third kappa shape index (κ3) is 5.65. The molecule has 1 N–H and O–H groups in total. The molecule has 0 saturated carbocycles. The number of hydrogen-bond acceptors (Lipinski definition) is 6. The van der Waals surface area contributed by atoms with Crippen LogP contribution in [0.3, 0.4) is 0 Å². The molecule has 0 aliphatic heterocycles. The van der Waals surface area contributed by atoms with Crippen LogP contribution in [0.5, 0.6) is 0 Å². The SMILES string of the molecule is CCc1ncnc(-c2ccnc(C)c2)c1C#Cc1cnc(C)c(NS(=O)(=O)c2ccc(Cl)cc2)c1. The zero-order valence-electron chi connectivity index (χ0n) is 19.4. The molecule has 3 heterocycles. The second kappa shape index (κ2) is 10.2. The van der Waals surface area contributed by atoms with Crippen LogP contribution in [0.25, 0.3) is 11.3 Å². The van der Waals surface area contributed by atoms with E-state index >= 15 is 0 Å². The zero-order valence-corrected chi connectivity index (χ0v) is 20.9. The average molecular weight is 504 g/mol. The molecule has 0 fully saturated rings. The number of nitrogens with zero attached hydrogens (tertiary/aromatic N) is 4. The highest BCUT2D eigenvalue weighted by Crippen LogP contribution is 2.24. The Kier molecular flexibility index (Phi) is 7.10. The highest BCUT2D eigenvalue weighted by atomic mass is 35.5. The van der Waals surface area contributed by atoms with Gasteiger partial charge >= 0.3 is 0 Å². The van der Waals surface area contributed by atoms with E-state index in [1.54, 1.807) is 25.4 Å². The molecule has 0 spiro atoms. The van der Waals surface area contributed by atoms with Crippen LogP contribution >= 0.6 is 11.6 Å². The largest absolute Gasteiger partial charge is 0.278 e. The number of pyridine rings is 2. The Labute approximate surface area is 209 Å². The van der Waals surface area contributed by atoms with Crippen molar-refractivity contribution in [3.8, 4) is 23.1 Å². The quantitative estimate of drug-likeness (QED) is 0.386. The van der Waals surface area contributed by atoms with Crippen molar-refractivity contribution >= 4 is 27.3 Å². The molecule has 176 valence electrons. The van der Waals surface area contributed by atoms with Gasteiger partial charge in [-0.1, -0.05) is 30.4 Å². The minimum Gasteiger partial charge on any atom is -0.278 e. The maximum Gasteiger partial charge on any atom is 0.261 e. The van der Waals surface area contributed by atoms with E-state index in [1.165, 1.54) is 30.6 Å². The molecule has 1 aromatic carbocycles. The Balaban J connectivity index is 1.71. The molecule has 0 aliphatic carbocycles. The van der Waals surface area contributed by atoms with Crippen LogP contribution in [0.2, 0.25) is 5.02 Å². The van der Waals surface area contributed by atoms with Crippen LogP contribution in [-0.4, -0.2) is 28.4 Å². The smallest absolute Gasteiger partial charge is 0.261 e. The zero-order chi connectivity index (χ0) is 25.0. The van der Waals surface area contributed by atoms with Crippen LogP contribution < -0.4 is 4.72 Å². The third-order valence-electron chi connectivity index (χ3n) is 5.22. The van der Waals surface area contributed by atoms with Gasteiger partial charge in [0.05, 0.1) is 33.2 Å². The van der Waals surface area contributed by atoms with Crippen molar-refractivity contribution in [2.24, 2.45) is 0 Å². The maximum atomic E-state index is 12.8. The van der Waals surface area contributed by atoms with Gasteiger partial charge in [0.2, 0.25) is 0 Å². The third-order valence-corrected chi connectivity index (χ3v) is 6.85. The van der Waals surface area contributed by atoms with Crippen molar-refractivity contribution < 1.29 is 8.42 Å². The van der Waals surface area contributed by atoms with Gasteiger partial charge in [-0.25, -0.2) is 18.4 Å². The number of benzene rings is 1. The second-order valence-electron chi connectivity index (χ2n) is 7.75. The van der Waals surface area contributed by atoms with Crippen LogP contribution in [0.1, 0.15) is 35.1 Å². The van der Waals surface area contributed by atoms with E-state index in [4.69, 9.17) is 11.6 Å². The molecule has 0 unspecified atom stereocenters. The predicted molar refractivity (Wildman–Crippen MR) is 137 cm³/mol. The van der Waals surface area contributed by atoms with Crippen LogP contribution in [-0.2, 0) is 16.4 Å². The number of halogens is 1. The summed E-state index contributed by atoms with van der Waals surface area (Å²) in [7, 11) is -3.82. The second-order valence-corrected chi connectivity index (χ2v) is 9.87. The lowest BCUT2D eigenvalue weighted by molar-refractivity contribution is 0.601. The Morgan fingerprint density at radius 3 is 2.46 bits per heavy atom. The van der Waals surface area contributed by atoms with E-state index in [1.807, 2.05) is 26.0 Å². The van der Waals surface area contributed by atoms with Gasteiger partial charge in [0, 0.05) is 34.2 Å². The first-order chi connectivity index (χ1) is 16.8. The molecule has 0 amide bonds. The summed E-state index contributed by atoms with van der Waals surface area (Å²) in [6, 6.07) is 11.4. The average Bonchev–Trinajstić information content (AvgIpc) is 2.84. The fraction of sp³-hybridized carbons (Fsp3) is 0.154. The van der Waals surface area contributed by atoms with E-state index in [2.05, 4.69) is 36.5 Å². The number of sulfonamides is 1. The van der Waals surface area contributed by atoms with Crippen molar-refractivity contribution in [3.05, 3.63) is 94.4 Å². The minimum absolute atomic E-state index is 0.101. The molecule has 0 aliphatic rings. The highest BCUT2D eigenvalue weighted by Gasteiger charge is 2.16. The first-order valence-corrected chi connectivity index (χ1v) is 12.7. The van der Waals surface area contributed by atoms with Crippen molar-refractivity contribution in [1.82, 2.24) is 19.9 Å². The van der Waals surface area contributed by atoms with Gasteiger partial charge in [-0.2, -0.15) is 0 Å². The molecule has 0 atom stereocenters. The Bertz CT molecular complexity index is 1560. The summed E-state index contributed by atoms with van der Waals surface area (Å²) < 4.78 is 28.3. The maximum absolute atomic E-state index is 12.8. The summed E-state index contributed by atoms with van der Waals surface area (Å²) >= 11 is 5.88. The first-order valence-electron chi connectivity index (χ1n) is 10.8. The summed E-state index contributed by atoms with van der Waals surface area (Å²) in [4.78, 5) is 17.5. The van der Waals surface area contributed by atoms with Gasteiger partial charge in [-0.15, -0.1) is 0 Å². The minimum atomic E-state index is -3.82. The number of anilines is 1. The van der Waals surface area contributed by atoms with Gasteiger partial charge in [0.25, 0.3) is 10.0 Å². The number of nitrogens with one attached hydrogen (secondary N) is 1. The van der Waals surface area contributed by atoms with Gasteiger partial charge in [0.15, 0.2) is 0 Å². The summed E-state index contributed by atoms with van der Waals surface area (Å²) in [6.45, 7) is 5.65. The molecule has 7 nitrogen and oxygen atoms in total. The lowest BCUT2D eigenvalue weighted by Crippen LogP contribution is -2.14. The number of aryl methyl sites for hydroxylation is 3. The summed E-state index contributed by atoms with van der Waals surface area (Å²) in [6.07, 6.45) is 5.56. The molecule has 0 radical (unpaired) electrons. The van der Waals surface area contributed by atoms with Crippen LogP contribution in [0.15, 0.2) is 66.1 Å². The monoisotopic (exact) mass is 503 g/mol. The van der Waals surface area contributed by atoms with Gasteiger partial charge in [-0.3, -0.25) is 14.7 Å². The standard InChI is InChI=1S/C26H22ClN5O2S/c1-4-24-23(26(31-16-30-24)20-11-12-28-17(2)13-20)10-5-19-14-25(18(3)29-15-19)32-35(33,34)22-8-6-21(27)7-9-22/h6-9,11-16,32H,4H2,1-3H3. The summed E-state index contributed by atoms with van der Waals surface area (Å²) in [5, 5.41) is 0.455. The highest BCUT2D eigenvalue weighted by molar-refractivity contribution is 7.92. The summed E-state index contributed by atoms with van der Waals surface area (Å²) in [5.74, 6) is 6.29. The van der Waals surface area contributed by atoms with Crippen molar-refractivity contribution in [2.45, 2.75) is 32.1 Å². The van der Waals surface area contributed by atoms with Crippen molar-refractivity contribution in [3.63, 3.8) is 0 Å². The molecule has 9 heteroatoms. The molecule has 35 heavy (non-hydrogen) atoms. The van der Waals surface area contributed by atoms with Gasteiger partial charge in [0.1, 0.15) is 6.33 Å². The number of hydrogen-bond donors (Lipinski definition) is 1. The van der Waals surface area contributed by atoms with Crippen molar-refractivity contribution in [1.29, 1.82) is 0 Å². The van der Waals surface area contributed by atoms with E-state index in [0.717, 1.165) is 22.6 Å². The fourth-order valence-corrected chi connectivity index (χ4v) is 4.62. The molecule has 4 rings (SSSR count). The molecular weight excluding hydrogens is 482 g/mol. The topological polar surface area (TPSA) is 97.7 Å². The van der Waals surface area contributed by atoms with Crippen LogP contribution in [0, 0.1) is 25.7 Å². The molecule has 0 bridgehead atoms. The van der Waals surface area contributed by atoms with E-state index in [-0.39, 0.29) is 4.90 Å². The van der Waals surface area contributed by atoms with Gasteiger partial charge < -0.3 is 0 Å². The number of rotatable bonds is 5. The fourth-order valence-electron chi connectivity index (χ4n) is 3.39.